The van der Waals surface area contributed by atoms with Gasteiger partial charge in [0.2, 0.25) is 0 Å². The zero-order valence-corrected chi connectivity index (χ0v) is 12.1. The highest BCUT2D eigenvalue weighted by Crippen LogP contribution is 2.23. The summed E-state index contributed by atoms with van der Waals surface area (Å²) >= 11 is 10.2. The first-order valence-corrected chi connectivity index (χ1v) is 5.76. The Morgan fingerprint density at radius 3 is 1.11 bits per heavy atom. The smallest absolute Gasteiger partial charge is 0.190 e. The standard InChI is InChI=1S/C6H2Cl2O4.2C2H7N/c7-1-3(9)5(11)2(8)6(12)4(1)10;2*1-3-2/h9,12H;2*3H,1-2H3. The summed E-state index contributed by atoms with van der Waals surface area (Å²) in [6.45, 7) is 0. The van der Waals surface area contributed by atoms with Crippen LogP contribution in [0.5, 0.6) is 0 Å². The molecule has 0 aromatic carbocycles. The summed E-state index contributed by atoms with van der Waals surface area (Å²) in [7, 11) is 8.00. The molecular weight excluding hydrogens is 283 g/mol. The lowest BCUT2D eigenvalue weighted by Gasteiger charge is -2.23. The fourth-order valence-corrected chi connectivity index (χ4v) is 0.948. The molecule has 0 bridgehead atoms. The van der Waals surface area contributed by atoms with E-state index >= 15 is 0 Å². The number of rotatable bonds is 0. The number of Topliss-reactive ketones (excluding diaryl/α,β-unsaturated/α-hetero) is 2. The van der Waals surface area contributed by atoms with Crippen LogP contribution >= 0.6 is 23.2 Å². The molecule has 0 fully saturated rings. The van der Waals surface area contributed by atoms with Crippen LogP contribution in [0.2, 0.25) is 0 Å². The molecule has 0 saturated carbocycles. The Bertz CT molecular complexity index is 314. The topological polar surface area (TPSA) is 113 Å². The molecule has 0 amide bonds. The normalized spacial score (nSPS) is 14.8. The molecule has 0 atom stereocenters. The maximum Gasteiger partial charge on any atom is 0.190 e. The van der Waals surface area contributed by atoms with Gasteiger partial charge in [-0.3, -0.25) is 9.59 Å². The number of hydrogen-bond acceptors (Lipinski definition) is 4. The lowest BCUT2D eigenvalue weighted by atomic mass is 10.1. The number of carbonyl (C=O) groups excluding carboxylic acids is 2. The van der Waals surface area contributed by atoms with E-state index in [0.29, 0.717) is 0 Å². The Morgan fingerprint density at radius 2 is 0.944 bits per heavy atom. The van der Waals surface area contributed by atoms with Crippen molar-refractivity contribution in [2.75, 3.05) is 28.2 Å². The van der Waals surface area contributed by atoms with Crippen LogP contribution in [0.1, 0.15) is 0 Å². The molecule has 4 N–H and O–H groups in total. The van der Waals surface area contributed by atoms with Crippen molar-refractivity contribution < 1.29 is 30.4 Å². The average Bonchev–Trinajstić information content (AvgIpc) is 2.34. The number of carbonyl (C=O) groups is 2. The molecule has 0 saturated heterocycles. The van der Waals surface area contributed by atoms with E-state index in [1.54, 1.807) is 0 Å². The summed E-state index contributed by atoms with van der Waals surface area (Å²) in [4.78, 5) is 21.4. The second kappa shape index (κ2) is 9.90. The summed E-state index contributed by atoms with van der Waals surface area (Å²) < 4.78 is 0. The number of ketones is 2. The minimum absolute atomic E-state index is 0.894. The second-order valence-corrected chi connectivity index (χ2v) is 3.86. The van der Waals surface area contributed by atoms with Crippen LogP contribution in [0.15, 0.2) is 21.6 Å². The number of halogens is 2. The Labute approximate surface area is 115 Å². The third-order valence-electron chi connectivity index (χ3n) is 1.21. The number of quaternary nitrogens is 2. The van der Waals surface area contributed by atoms with E-state index in [-0.39, 0.29) is 0 Å². The van der Waals surface area contributed by atoms with Gasteiger partial charge >= 0.3 is 0 Å². The third kappa shape index (κ3) is 5.50. The minimum Gasteiger partial charge on any atom is -0.869 e. The third-order valence-corrected chi connectivity index (χ3v) is 1.90. The van der Waals surface area contributed by atoms with Gasteiger partial charge in [0, 0.05) is 0 Å². The molecular formula is C10H16Cl2N2O4. The van der Waals surface area contributed by atoms with E-state index in [1.807, 2.05) is 38.8 Å². The first-order valence-electron chi connectivity index (χ1n) is 5.00. The fourth-order valence-electron chi connectivity index (χ4n) is 0.605. The van der Waals surface area contributed by atoms with Gasteiger partial charge in [0.1, 0.15) is 0 Å². The van der Waals surface area contributed by atoms with Crippen LogP contribution < -0.4 is 20.8 Å². The van der Waals surface area contributed by atoms with Gasteiger partial charge in [-0.25, -0.2) is 0 Å². The molecule has 1 rings (SSSR count). The highest BCUT2D eigenvalue weighted by Gasteiger charge is 2.22. The predicted molar refractivity (Wildman–Crippen MR) is 63.3 cm³/mol. The zero-order valence-electron chi connectivity index (χ0n) is 10.5. The predicted octanol–water partition coefficient (Wildman–Crippen LogP) is -3.62. The molecule has 1 aliphatic carbocycles. The molecule has 0 aromatic heterocycles. The Hall–Kier alpha value is -1.08. The quantitative estimate of drug-likeness (QED) is 0.449. The number of allylic oxidation sites excluding steroid dienone is 2. The van der Waals surface area contributed by atoms with Crippen LogP contribution in [-0.4, -0.2) is 39.8 Å². The molecule has 18 heavy (non-hydrogen) atoms. The fraction of sp³-hybridized carbons (Fsp3) is 0.400. The van der Waals surface area contributed by atoms with Crippen LogP contribution in [-0.2, 0) is 9.59 Å². The van der Waals surface area contributed by atoms with Crippen molar-refractivity contribution in [3.8, 4) is 0 Å². The Balaban J connectivity index is 0. The van der Waals surface area contributed by atoms with Gasteiger partial charge in [0.25, 0.3) is 0 Å². The van der Waals surface area contributed by atoms with Crippen LogP contribution in [0.4, 0.5) is 0 Å². The maximum atomic E-state index is 10.7. The van der Waals surface area contributed by atoms with Gasteiger partial charge in [-0.05, 0) is 11.5 Å². The van der Waals surface area contributed by atoms with Crippen molar-refractivity contribution in [3.05, 3.63) is 21.6 Å². The molecule has 0 unspecified atom stereocenters. The van der Waals surface area contributed by atoms with Gasteiger partial charge in [-0.2, -0.15) is 0 Å². The average molecular weight is 299 g/mol. The highest BCUT2D eigenvalue weighted by atomic mass is 35.5. The van der Waals surface area contributed by atoms with Crippen molar-refractivity contribution in [2.24, 2.45) is 0 Å². The van der Waals surface area contributed by atoms with Crippen molar-refractivity contribution >= 4 is 34.8 Å². The van der Waals surface area contributed by atoms with Gasteiger partial charge in [0.05, 0.1) is 38.3 Å². The lowest BCUT2D eigenvalue weighted by Crippen LogP contribution is -2.74. The summed E-state index contributed by atoms with van der Waals surface area (Å²) in [5.74, 6) is -4.92. The van der Waals surface area contributed by atoms with Crippen LogP contribution in [0.3, 0.4) is 0 Å². The first kappa shape index (κ1) is 19.3. The van der Waals surface area contributed by atoms with Crippen LogP contribution in [0.25, 0.3) is 0 Å². The van der Waals surface area contributed by atoms with Crippen molar-refractivity contribution in [2.45, 2.75) is 0 Å². The minimum atomic E-state index is -1.23. The van der Waals surface area contributed by atoms with E-state index in [4.69, 9.17) is 23.2 Å². The summed E-state index contributed by atoms with van der Waals surface area (Å²) in [5.41, 5.74) is 0. The van der Waals surface area contributed by atoms with E-state index in [0.717, 1.165) is 0 Å². The first-order chi connectivity index (χ1) is 8.29. The monoisotopic (exact) mass is 298 g/mol. The van der Waals surface area contributed by atoms with Gasteiger partial charge in [0.15, 0.2) is 11.6 Å². The van der Waals surface area contributed by atoms with E-state index in [1.165, 1.54) is 0 Å². The Kier molecular flexibility index (Phi) is 10.6. The van der Waals surface area contributed by atoms with E-state index in [9.17, 15) is 19.8 Å². The lowest BCUT2D eigenvalue weighted by molar-refractivity contribution is -0.597. The molecule has 6 nitrogen and oxygen atoms in total. The van der Waals surface area contributed by atoms with Gasteiger partial charge in [-0.15, -0.1) is 0 Å². The van der Waals surface area contributed by atoms with E-state index in [2.05, 4.69) is 0 Å². The van der Waals surface area contributed by atoms with Gasteiger partial charge < -0.3 is 20.8 Å². The van der Waals surface area contributed by atoms with Gasteiger partial charge in [-0.1, -0.05) is 23.2 Å². The molecule has 0 heterocycles. The summed E-state index contributed by atoms with van der Waals surface area (Å²) in [6, 6.07) is 0. The van der Waals surface area contributed by atoms with Crippen molar-refractivity contribution in [3.63, 3.8) is 0 Å². The molecule has 104 valence electrons. The summed E-state index contributed by atoms with van der Waals surface area (Å²) in [5, 5.41) is 23.6. The molecule has 1 aliphatic rings. The number of hydrogen-bond donors (Lipinski definition) is 2. The van der Waals surface area contributed by atoms with Crippen LogP contribution in [0, 0.1) is 0 Å². The molecule has 0 aromatic rings. The number of nitrogens with two attached hydrogens (primary N) is 2. The van der Waals surface area contributed by atoms with Crippen molar-refractivity contribution in [1.82, 2.24) is 0 Å². The Morgan fingerprint density at radius 1 is 0.778 bits per heavy atom. The zero-order chi connectivity index (χ0) is 14.9. The molecule has 0 spiro atoms. The second-order valence-electron chi connectivity index (χ2n) is 3.10. The SMILES string of the molecule is C[NH2+]C.C[NH2+]C.O=C1C([O-])=C(Cl)C(=O)C([O-])=C1Cl. The molecule has 0 aliphatic heterocycles. The van der Waals surface area contributed by atoms with Crippen molar-refractivity contribution in [1.29, 1.82) is 0 Å². The summed E-state index contributed by atoms with van der Waals surface area (Å²) in [6.07, 6.45) is 0. The molecule has 8 heteroatoms. The highest BCUT2D eigenvalue weighted by molar-refractivity contribution is 6.55. The molecule has 0 radical (unpaired) electrons. The maximum absolute atomic E-state index is 10.7. The van der Waals surface area contributed by atoms with E-state index < -0.39 is 33.1 Å². The largest absolute Gasteiger partial charge is 0.869 e.